The highest BCUT2D eigenvalue weighted by molar-refractivity contribution is 8.13. The molecule has 74 heavy (non-hydrogen) atoms. The molecule has 0 saturated heterocycles. The van der Waals surface area contributed by atoms with E-state index in [9.17, 15) is 38.7 Å². The molecule has 2 aromatic carbocycles. The van der Waals surface area contributed by atoms with Crippen LogP contribution in [0.5, 0.6) is 5.75 Å². The highest BCUT2D eigenvalue weighted by Crippen LogP contribution is 2.17. The molecule has 0 saturated carbocycles. The summed E-state index contributed by atoms with van der Waals surface area (Å²) in [5, 5.41) is 26.3. The van der Waals surface area contributed by atoms with E-state index in [2.05, 4.69) is 36.9 Å². The molecule has 0 aliphatic carbocycles. The lowest BCUT2D eigenvalue weighted by Gasteiger charge is -2.17. The Morgan fingerprint density at radius 1 is 0.635 bits per heavy atom. The number of nitrogens with one attached hydrogen (secondary N) is 6. The number of thioether (sulfide) groups is 1. The predicted octanol–water partition coefficient (Wildman–Crippen LogP) is 2.48. The van der Waals surface area contributed by atoms with Crippen molar-refractivity contribution in [3.8, 4) is 5.75 Å². The zero-order valence-electron chi connectivity index (χ0n) is 41.6. The lowest BCUT2D eigenvalue weighted by atomic mass is 10.1. The van der Waals surface area contributed by atoms with Crippen LogP contribution in [0.15, 0.2) is 60.0 Å². The van der Waals surface area contributed by atoms with Crippen molar-refractivity contribution >= 4 is 74.7 Å². The molecule has 3 aromatic rings. The number of rotatable bonds is 43. The maximum atomic E-state index is 13.0. The number of carbonyl (C=O) groups excluding carboxylic acids is 6. The van der Waals surface area contributed by atoms with Crippen molar-refractivity contribution in [3.05, 3.63) is 71.2 Å². The van der Waals surface area contributed by atoms with Gasteiger partial charge in [0.1, 0.15) is 17.5 Å². The number of aromatic nitrogens is 1. The normalized spacial score (nSPS) is 11.3. The minimum Gasteiger partial charge on any atom is -0.494 e. The number of aliphatic carboxylic acids is 1. The van der Waals surface area contributed by atoms with E-state index in [1.807, 2.05) is 30.3 Å². The third-order valence-electron chi connectivity index (χ3n) is 9.34. The standard InChI is InChI=1S/C48H69N7O17S2/c1-36(56)73-31-30-71-29-28-70-27-26-69-25-24-68-23-22-67-21-20-66-19-18-65-17-16-64-15-12-42(57)49-13-5-14-72-39-10-8-38(9-11-39)52-46(62)40(32-44(59)60)53-43(58)34-50-45(61)41-35-74-48(54-41)55-47(63)51-33-37-6-3-2-4-7-37/h2-4,6-11,35,40H,5,12-34H2,1H3,(H,49,57)(H,50,61)(H,52,62)(H,53,58)(H,59,60)(H2,51,54,55,63). The monoisotopic (exact) mass is 1080 g/mol. The van der Waals surface area contributed by atoms with Gasteiger partial charge in [-0.2, -0.15) is 0 Å². The first-order chi connectivity index (χ1) is 36.0. The van der Waals surface area contributed by atoms with E-state index in [0.29, 0.717) is 136 Å². The van der Waals surface area contributed by atoms with Gasteiger partial charge in [0.05, 0.1) is 125 Å². The number of hydrogen-bond acceptors (Lipinski definition) is 19. The zero-order chi connectivity index (χ0) is 53.3. The zero-order valence-corrected chi connectivity index (χ0v) is 43.2. The van der Waals surface area contributed by atoms with Gasteiger partial charge in [0.2, 0.25) is 17.7 Å². The number of urea groups is 1. The maximum Gasteiger partial charge on any atom is 0.321 e. The van der Waals surface area contributed by atoms with Crippen molar-refractivity contribution in [2.75, 3.05) is 142 Å². The van der Waals surface area contributed by atoms with Gasteiger partial charge in [0.15, 0.2) is 10.2 Å². The van der Waals surface area contributed by atoms with Crippen LogP contribution in [0.4, 0.5) is 15.6 Å². The van der Waals surface area contributed by atoms with Crippen LogP contribution in [-0.4, -0.2) is 188 Å². The van der Waals surface area contributed by atoms with Crippen LogP contribution in [0.3, 0.4) is 0 Å². The second kappa shape index (κ2) is 40.6. The van der Waals surface area contributed by atoms with Crippen LogP contribution in [0.1, 0.15) is 42.2 Å². The van der Waals surface area contributed by atoms with E-state index in [1.54, 1.807) is 12.1 Å². The van der Waals surface area contributed by atoms with Crippen LogP contribution in [0, 0.1) is 0 Å². The number of hydrogen-bond donors (Lipinski definition) is 7. The second-order valence-electron chi connectivity index (χ2n) is 15.3. The molecule has 0 fully saturated rings. The van der Waals surface area contributed by atoms with Crippen LogP contribution >= 0.6 is 23.1 Å². The van der Waals surface area contributed by atoms with Gasteiger partial charge in [-0.1, -0.05) is 42.1 Å². The summed E-state index contributed by atoms with van der Waals surface area (Å²) in [5.74, 6) is -2.72. The van der Waals surface area contributed by atoms with E-state index in [-0.39, 0.29) is 41.4 Å². The van der Waals surface area contributed by atoms with Gasteiger partial charge in [0, 0.05) is 43.3 Å². The quantitative estimate of drug-likeness (QED) is 0.0401. The molecule has 6 amide bonds. The topological polar surface area (TPSA) is 308 Å². The first-order valence-corrected chi connectivity index (χ1v) is 25.7. The van der Waals surface area contributed by atoms with Crippen LogP contribution in [0.25, 0.3) is 0 Å². The number of nitrogens with zero attached hydrogens (tertiary/aromatic N) is 1. The minimum atomic E-state index is -1.47. The number of anilines is 2. The van der Waals surface area contributed by atoms with Gasteiger partial charge in [-0.05, 0) is 36.2 Å². The lowest BCUT2D eigenvalue weighted by molar-refractivity contribution is -0.139. The molecule has 0 bridgehead atoms. The number of carbonyl (C=O) groups is 7. The molecule has 0 spiro atoms. The van der Waals surface area contributed by atoms with Gasteiger partial charge in [0.25, 0.3) is 5.91 Å². The summed E-state index contributed by atoms with van der Waals surface area (Å²) in [6, 6.07) is 13.5. The minimum absolute atomic E-state index is 0.0642. The number of ether oxygens (including phenoxy) is 9. The summed E-state index contributed by atoms with van der Waals surface area (Å²) >= 11 is 2.24. The molecule has 1 aromatic heterocycles. The Bertz CT molecular complexity index is 2070. The van der Waals surface area contributed by atoms with Crippen LogP contribution in [-0.2, 0) is 68.4 Å². The Morgan fingerprint density at radius 3 is 1.74 bits per heavy atom. The fourth-order valence-electron chi connectivity index (χ4n) is 5.73. The molecular formula is C48H69N7O17S2. The molecule has 7 N–H and O–H groups in total. The molecule has 1 unspecified atom stereocenters. The van der Waals surface area contributed by atoms with Crippen molar-refractivity contribution in [1.82, 2.24) is 26.3 Å². The maximum absolute atomic E-state index is 13.0. The molecule has 0 radical (unpaired) electrons. The van der Waals surface area contributed by atoms with E-state index in [0.717, 1.165) is 16.9 Å². The Morgan fingerprint density at radius 2 is 1.19 bits per heavy atom. The van der Waals surface area contributed by atoms with Crippen molar-refractivity contribution in [1.29, 1.82) is 0 Å². The summed E-state index contributed by atoms with van der Waals surface area (Å²) in [7, 11) is 0. The molecule has 0 aliphatic heterocycles. The van der Waals surface area contributed by atoms with E-state index >= 15 is 0 Å². The molecule has 0 aliphatic rings. The average Bonchev–Trinajstić information content (AvgIpc) is 3.85. The Kier molecular flexibility index (Phi) is 34.2. The van der Waals surface area contributed by atoms with E-state index < -0.39 is 48.7 Å². The number of amides is 6. The third-order valence-corrected chi connectivity index (χ3v) is 10.9. The average molecular weight is 1080 g/mol. The lowest BCUT2D eigenvalue weighted by Crippen LogP contribution is -2.48. The fraction of sp³-hybridized carbons (Fsp3) is 0.542. The summed E-state index contributed by atoms with van der Waals surface area (Å²) in [6.07, 6.45) is -0.0185. The SMILES string of the molecule is CC(=O)SCCOCCOCCOCCOCCOCCOCCOCCOCCC(=O)NCCCOc1ccc(NC(=O)C(CC(=O)O)NC(=O)CNC(=O)c2csc(NC(=O)NCc3ccccc3)n2)cc1. The Balaban J connectivity index is 1.11. The van der Waals surface area contributed by atoms with Gasteiger partial charge in [-0.25, -0.2) is 9.78 Å². The van der Waals surface area contributed by atoms with Gasteiger partial charge >= 0.3 is 12.0 Å². The van der Waals surface area contributed by atoms with E-state index in [1.165, 1.54) is 36.2 Å². The number of thiazole rings is 1. The molecule has 3 rings (SSSR count). The Hall–Kier alpha value is -5.81. The van der Waals surface area contributed by atoms with Crippen LogP contribution < -0.4 is 36.6 Å². The van der Waals surface area contributed by atoms with Gasteiger partial charge in [-0.3, -0.25) is 34.1 Å². The molecule has 1 atom stereocenters. The summed E-state index contributed by atoms with van der Waals surface area (Å²) in [6.45, 7) is 8.76. The Labute approximate surface area is 438 Å². The van der Waals surface area contributed by atoms with Crippen molar-refractivity contribution in [2.24, 2.45) is 0 Å². The highest BCUT2D eigenvalue weighted by atomic mass is 32.2. The largest absolute Gasteiger partial charge is 0.494 e. The number of carboxylic acid groups (broad SMARTS) is 1. The highest BCUT2D eigenvalue weighted by Gasteiger charge is 2.24. The van der Waals surface area contributed by atoms with Gasteiger partial charge < -0.3 is 74.3 Å². The third kappa shape index (κ3) is 32.4. The van der Waals surface area contributed by atoms with Crippen molar-refractivity contribution in [3.63, 3.8) is 0 Å². The molecular weight excluding hydrogens is 1010 g/mol. The summed E-state index contributed by atoms with van der Waals surface area (Å²) < 4.78 is 49.3. The van der Waals surface area contributed by atoms with E-state index in [4.69, 9.17) is 42.6 Å². The summed E-state index contributed by atoms with van der Waals surface area (Å²) in [5.41, 5.74) is 1.14. The molecule has 410 valence electrons. The first kappa shape index (κ1) is 62.5. The fourth-order valence-corrected chi connectivity index (χ4v) is 6.90. The van der Waals surface area contributed by atoms with Gasteiger partial charge in [-0.15, -0.1) is 11.3 Å². The molecule has 26 heteroatoms. The summed E-state index contributed by atoms with van der Waals surface area (Å²) in [4.78, 5) is 89.0. The molecule has 24 nitrogen and oxygen atoms in total. The van der Waals surface area contributed by atoms with Crippen molar-refractivity contribution < 1.29 is 81.3 Å². The number of carboxylic acids is 1. The number of benzene rings is 2. The second-order valence-corrected chi connectivity index (χ2v) is 17.4. The predicted molar refractivity (Wildman–Crippen MR) is 273 cm³/mol. The first-order valence-electron chi connectivity index (χ1n) is 23.9. The van der Waals surface area contributed by atoms with Crippen molar-refractivity contribution in [2.45, 2.75) is 38.8 Å². The van der Waals surface area contributed by atoms with Crippen LogP contribution in [0.2, 0.25) is 0 Å². The molecule has 1 heterocycles. The smallest absolute Gasteiger partial charge is 0.321 e.